The summed E-state index contributed by atoms with van der Waals surface area (Å²) in [5, 5.41) is 24.7. The van der Waals surface area contributed by atoms with Crippen LogP contribution in [0.5, 0.6) is 0 Å². The molecule has 0 spiro atoms. The van der Waals surface area contributed by atoms with Crippen molar-refractivity contribution in [2.24, 2.45) is 0 Å². The monoisotopic (exact) mass is 689 g/mol. The summed E-state index contributed by atoms with van der Waals surface area (Å²) in [4.78, 5) is 14.7. The third-order valence-electron chi connectivity index (χ3n) is 10.0. The largest absolute Gasteiger partial charge is 0.309 e. The predicted molar refractivity (Wildman–Crippen MR) is 214 cm³/mol. The lowest BCUT2D eigenvalue weighted by Gasteiger charge is -2.13. The molecule has 3 aromatic heterocycles. The zero-order valence-corrected chi connectivity index (χ0v) is 28.7. The molecule has 0 saturated carbocycles. The molecule has 0 unspecified atom stereocenters. The first-order valence-electron chi connectivity index (χ1n) is 17.6. The van der Waals surface area contributed by atoms with Gasteiger partial charge in [-0.05, 0) is 60.7 Å². The quantitative estimate of drug-likeness (QED) is 0.179. The molecular weight excluding hydrogens is 663 g/mol. The molecule has 7 nitrogen and oxygen atoms in total. The van der Waals surface area contributed by atoms with Crippen LogP contribution in [0.2, 0.25) is 0 Å². The SMILES string of the molecule is N#Cc1ccc(-n2c3ccccc3c3ccc4c(c5ccccc5n4-c4ccc(-c5nc(-c6ccccc6)nc(-c6ccccc6)n5)cc4C#N)c32)cc1. The van der Waals surface area contributed by atoms with Gasteiger partial charge in [0.05, 0.1) is 45.0 Å². The van der Waals surface area contributed by atoms with Crippen LogP contribution >= 0.6 is 0 Å². The Balaban J connectivity index is 1.21. The maximum Gasteiger partial charge on any atom is 0.164 e. The molecule has 7 heteroatoms. The molecule has 10 aromatic rings. The van der Waals surface area contributed by atoms with Crippen LogP contribution in [0.1, 0.15) is 11.1 Å². The van der Waals surface area contributed by atoms with Gasteiger partial charge in [-0.25, -0.2) is 15.0 Å². The van der Waals surface area contributed by atoms with Crippen LogP contribution in [-0.4, -0.2) is 24.1 Å². The van der Waals surface area contributed by atoms with Gasteiger partial charge < -0.3 is 9.13 Å². The molecule has 10 rings (SSSR count). The molecular formula is C47H27N7. The summed E-state index contributed by atoms with van der Waals surface area (Å²) in [5.74, 6) is 1.61. The first-order chi connectivity index (χ1) is 26.7. The number of nitrogens with zero attached hydrogens (tertiary/aromatic N) is 7. The first-order valence-corrected chi connectivity index (χ1v) is 17.6. The molecule has 0 fully saturated rings. The Labute approximate surface area is 309 Å². The standard InChI is InChI=1S/C47H27N7/c48-28-30-19-22-35(23-20-30)53-40-17-9-7-15-36(40)37-24-26-42-43(44(37)53)38-16-8-10-18-41(38)54(42)39-25-21-33(27-34(39)29-49)47-51-45(31-11-3-1-4-12-31)50-46(52-47)32-13-5-2-6-14-32/h1-27H. The van der Waals surface area contributed by atoms with Crippen molar-refractivity contribution in [1.29, 1.82) is 10.5 Å². The van der Waals surface area contributed by atoms with Gasteiger partial charge in [-0.1, -0.05) is 103 Å². The molecule has 0 atom stereocenters. The van der Waals surface area contributed by atoms with Crippen molar-refractivity contribution in [2.75, 3.05) is 0 Å². The van der Waals surface area contributed by atoms with E-state index in [0.29, 0.717) is 28.6 Å². The van der Waals surface area contributed by atoms with E-state index in [0.717, 1.165) is 71.7 Å². The van der Waals surface area contributed by atoms with Gasteiger partial charge in [0.15, 0.2) is 17.5 Å². The normalized spacial score (nSPS) is 11.3. The van der Waals surface area contributed by atoms with Crippen molar-refractivity contribution in [2.45, 2.75) is 0 Å². The van der Waals surface area contributed by atoms with E-state index in [9.17, 15) is 10.5 Å². The molecule has 0 amide bonds. The highest BCUT2D eigenvalue weighted by atomic mass is 15.0. The number of para-hydroxylation sites is 2. The summed E-state index contributed by atoms with van der Waals surface area (Å²) in [6.07, 6.45) is 0. The number of hydrogen-bond donors (Lipinski definition) is 0. The van der Waals surface area contributed by atoms with Gasteiger partial charge in [0.1, 0.15) is 6.07 Å². The molecule has 250 valence electrons. The summed E-state index contributed by atoms with van der Waals surface area (Å²) >= 11 is 0. The average molecular weight is 690 g/mol. The highest BCUT2D eigenvalue weighted by Crippen LogP contribution is 2.42. The number of nitriles is 2. The van der Waals surface area contributed by atoms with Gasteiger partial charge in [0.25, 0.3) is 0 Å². The van der Waals surface area contributed by atoms with E-state index in [1.165, 1.54) is 0 Å². The van der Waals surface area contributed by atoms with Crippen molar-refractivity contribution in [3.8, 4) is 57.7 Å². The lowest BCUT2D eigenvalue weighted by Crippen LogP contribution is -2.02. The molecule has 0 aliphatic rings. The second kappa shape index (κ2) is 12.4. The Hall–Kier alpha value is -7.87. The van der Waals surface area contributed by atoms with Crippen molar-refractivity contribution in [3.63, 3.8) is 0 Å². The number of fused-ring (bicyclic) bond motifs is 7. The van der Waals surface area contributed by atoms with E-state index in [4.69, 9.17) is 15.0 Å². The van der Waals surface area contributed by atoms with Gasteiger partial charge in [0.2, 0.25) is 0 Å². The molecule has 0 N–H and O–H groups in total. The van der Waals surface area contributed by atoms with E-state index in [1.54, 1.807) is 0 Å². The van der Waals surface area contributed by atoms with Gasteiger partial charge >= 0.3 is 0 Å². The Morgan fingerprint density at radius 2 is 1.00 bits per heavy atom. The van der Waals surface area contributed by atoms with Crippen LogP contribution in [-0.2, 0) is 0 Å². The fourth-order valence-corrected chi connectivity index (χ4v) is 7.62. The van der Waals surface area contributed by atoms with Crippen molar-refractivity contribution in [3.05, 3.63) is 175 Å². The molecule has 0 aliphatic heterocycles. The highest BCUT2D eigenvalue weighted by molar-refractivity contribution is 6.26. The smallest absolute Gasteiger partial charge is 0.164 e. The highest BCUT2D eigenvalue weighted by Gasteiger charge is 2.22. The molecule has 0 radical (unpaired) electrons. The Morgan fingerprint density at radius 1 is 0.426 bits per heavy atom. The van der Waals surface area contributed by atoms with Crippen LogP contribution in [0, 0.1) is 22.7 Å². The zero-order valence-electron chi connectivity index (χ0n) is 28.7. The topological polar surface area (TPSA) is 96.1 Å². The maximum atomic E-state index is 10.8. The second-order valence-electron chi connectivity index (χ2n) is 13.1. The minimum Gasteiger partial charge on any atom is -0.309 e. The fourth-order valence-electron chi connectivity index (χ4n) is 7.62. The van der Waals surface area contributed by atoms with Crippen molar-refractivity contribution in [1.82, 2.24) is 24.1 Å². The average Bonchev–Trinajstić information content (AvgIpc) is 3.77. The van der Waals surface area contributed by atoms with Crippen LogP contribution in [0.4, 0.5) is 0 Å². The zero-order chi connectivity index (χ0) is 36.2. The van der Waals surface area contributed by atoms with E-state index in [2.05, 4.69) is 75.9 Å². The Bertz CT molecular complexity index is 3110. The maximum absolute atomic E-state index is 10.8. The summed E-state index contributed by atoms with van der Waals surface area (Å²) in [7, 11) is 0. The van der Waals surface area contributed by atoms with Crippen LogP contribution < -0.4 is 0 Å². The van der Waals surface area contributed by atoms with Crippen LogP contribution in [0.15, 0.2) is 164 Å². The molecule has 0 saturated heterocycles. The fraction of sp³-hybridized carbons (Fsp3) is 0. The van der Waals surface area contributed by atoms with Crippen LogP contribution in [0.3, 0.4) is 0 Å². The molecule has 54 heavy (non-hydrogen) atoms. The predicted octanol–water partition coefficient (Wildman–Crippen LogP) is 10.8. The molecule has 7 aromatic carbocycles. The number of rotatable bonds is 5. The third kappa shape index (κ3) is 4.85. The van der Waals surface area contributed by atoms with Gasteiger partial charge in [-0.3, -0.25) is 0 Å². The molecule has 0 aliphatic carbocycles. The lowest BCUT2D eigenvalue weighted by molar-refractivity contribution is 1.07. The first kappa shape index (κ1) is 30.9. The number of aromatic nitrogens is 5. The molecule has 0 bridgehead atoms. The summed E-state index contributed by atoms with van der Waals surface area (Å²) in [5.41, 5.74) is 9.40. The van der Waals surface area contributed by atoms with Gasteiger partial charge in [-0.15, -0.1) is 0 Å². The van der Waals surface area contributed by atoms with E-state index in [-0.39, 0.29) is 0 Å². The van der Waals surface area contributed by atoms with E-state index >= 15 is 0 Å². The number of benzene rings is 7. The number of hydrogen-bond acceptors (Lipinski definition) is 5. The Morgan fingerprint density at radius 3 is 1.63 bits per heavy atom. The Kier molecular flexibility index (Phi) is 7.11. The van der Waals surface area contributed by atoms with E-state index in [1.807, 2.05) is 109 Å². The van der Waals surface area contributed by atoms with Gasteiger partial charge in [0, 0.05) is 43.9 Å². The summed E-state index contributed by atoms with van der Waals surface area (Å²) < 4.78 is 4.47. The van der Waals surface area contributed by atoms with Gasteiger partial charge in [-0.2, -0.15) is 10.5 Å². The minimum atomic E-state index is 0.488. The van der Waals surface area contributed by atoms with Crippen molar-refractivity contribution >= 4 is 43.6 Å². The van der Waals surface area contributed by atoms with Crippen LogP contribution in [0.25, 0.3) is 89.2 Å². The van der Waals surface area contributed by atoms with E-state index < -0.39 is 0 Å². The summed E-state index contributed by atoms with van der Waals surface area (Å²) in [6, 6.07) is 59.2. The lowest BCUT2D eigenvalue weighted by atomic mass is 10.1. The summed E-state index contributed by atoms with van der Waals surface area (Å²) in [6.45, 7) is 0. The van der Waals surface area contributed by atoms with Crippen molar-refractivity contribution < 1.29 is 0 Å². The third-order valence-corrected chi connectivity index (χ3v) is 10.0. The second-order valence-corrected chi connectivity index (χ2v) is 13.1. The molecule has 3 heterocycles. The minimum absolute atomic E-state index is 0.488.